The number of fused-ring (bicyclic) bond motifs is 3. The molecule has 6 N–H and O–H groups in total. The number of imidazole rings is 1. The molecular weight excluding hydrogens is 621 g/mol. The zero-order valence-corrected chi connectivity index (χ0v) is 28.4. The lowest BCUT2D eigenvalue weighted by Gasteiger charge is -2.27. The van der Waals surface area contributed by atoms with Gasteiger partial charge in [0.25, 0.3) is 5.91 Å². The molecule has 2 aromatic heterocycles. The number of ether oxygens (including phenoxy) is 1. The number of pyridine rings is 1. The predicted molar refractivity (Wildman–Crippen MR) is 182 cm³/mol. The molecule has 0 aliphatic rings. The van der Waals surface area contributed by atoms with Gasteiger partial charge in [-0.05, 0) is 80.3 Å². The van der Waals surface area contributed by atoms with E-state index in [1.807, 2.05) is 30.5 Å². The van der Waals surface area contributed by atoms with E-state index in [1.165, 1.54) is 18.2 Å². The number of carbonyl (C=O) groups excluding carboxylic acids is 1. The third-order valence-corrected chi connectivity index (χ3v) is 8.70. The summed E-state index contributed by atoms with van der Waals surface area (Å²) in [5, 5.41) is 14.4. The molecule has 0 fully saturated rings. The van der Waals surface area contributed by atoms with Crippen molar-refractivity contribution in [1.29, 1.82) is 0 Å². The predicted octanol–water partition coefficient (Wildman–Crippen LogP) is 5.34. The monoisotopic (exact) mass is 665 g/mol. The third-order valence-electron chi connectivity index (χ3n) is 8.25. The second-order valence-corrected chi connectivity index (χ2v) is 14.2. The van der Waals surface area contributed by atoms with Gasteiger partial charge in [0.1, 0.15) is 22.8 Å². The standard InChI is InChI=1S/C34H44N5O7P/c1-7-9-10-28-37-30-31(39(28)21-22-19-24(12-14-27(22)40)46-47(42,43)44)25-20-23(11-13-26(25)36-32(30)35)33(3,4)15-17-45-18-16-34(5,6)38-29(41)8-2/h2,11-14,19-20,40H,7,9-10,15-18,21H2,1,3-6H3,(H2,35,36)(H,38,41)(H2,42,43,44). The van der Waals surface area contributed by atoms with Gasteiger partial charge in [0.2, 0.25) is 0 Å². The molecule has 0 aliphatic carbocycles. The molecule has 47 heavy (non-hydrogen) atoms. The molecule has 13 heteroatoms. The Morgan fingerprint density at radius 2 is 1.83 bits per heavy atom. The zero-order chi connectivity index (χ0) is 34.6. The van der Waals surface area contributed by atoms with Crippen molar-refractivity contribution in [1.82, 2.24) is 19.9 Å². The van der Waals surface area contributed by atoms with Crippen LogP contribution < -0.4 is 15.6 Å². The highest BCUT2D eigenvalue weighted by molar-refractivity contribution is 7.46. The summed E-state index contributed by atoms with van der Waals surface area (Å²) in [7, 11) is -4.80. The Labute approximate surface area is 274 Å². The van der Waals surface area contributed by atoms with E-state index in [4.69, 9.17) is 26.4 Å². The number of aromatic nitrogens is 3. The Morgan fingerprint density at radius 1 is 1.11 bits per heavy atom. The number of terminal acetylenes is 1. The molecule has 4 rings (SSSR count). The number of phenolic OH excluding ortho intramolecular Hbond substituents is 1. The van der Waals surface area contributed by atoms with Crippen LogP contribution in [0.1, 0.15) is 77.3 Å². The number of nitrogen functional groups attached to an aromatic ring is 1. The van der Waals surface area contributed by atoms with Crippen LogP contribution in [0.15, 0.2) is 36.4 Å². The van der Waals surface area contributed by atoms with Crippen LogP contribution >= 0.6 is 7.82 Å². The minimum Gasteiger partial charge on any atom is -0.508 e. The van der Waals surface area contributed by atoms with Gasteiger partial charge in [-0.1, -0.05) is 33.3 Å². The van der Waals surface area contributed by atoms with Gasteiger partial charge >= 0.3 is 7.82 Å². The molecule has 0 atom stereocenters. The third kappa shape index (κ3) is 9.02. The fourth-order valence-electron chi connectivity index (χ4n) is 5.43. The fourth-order valence-corrected chi connectivity index (χ4v) is 5.82. The number of nitrogens with one attached hydrogen (secondary N) is 1. The number of phosphoric acid groups is 1. The Bertz CT molecular complexity index is 1860. The van der Waals surface area contributed by atoms with Gasteiger partial charge in [-0.25, -0.2) is 14.5 Å². The molecule has 0 saturated heterocycles. The summed E-state index contributed by atoms with van der Waals surface area (Å²) in [6, 6.07) is 10.1. The van der Waals surface area contributed by atoms with Crippen LogP contribution in [0.2, 0.25) is 0 Å². The number of carbonyl (C=O) groups is 1. The fraction of sp³-hybridized carbons (Fsp3) is 0.441. The Balaban J connectivity index is 1.68. The van der Waals surface area contributed by atoms with E-state index >= 15 is 0 Å². The lowest BCUT2D eigenvalue weighted by molar-refractivity contribution is -0.117. The van der Waals surface area contributed by atoms with Gasteiger partial charge in [-0.3, -0.25) is 14.6 Å². The van der Waals surface area contributed by atoms with Crippen LogP contribution in [-0.2, 0) is 32.5 Å². The van der Waals surface area contributed by atoms with Gasteiger partial charge in [0, 0.05) is 36.1 Å². The highest BCUT2D eigenvalue weighted by Gasteiger charge is 2.25. The maximum Gasteiger partial charge on any atom is 0.524 e. The van der Waals surface area contributed by atoms with Gasteiger partial charge in [-0.2, -0.15) is 0 Å². The molecule has 2 aromatic carbocycles. The average molecular weight is 666 g/mol. The number of amides is 1. The lowest BCUT2D eigenvalue weighted by Crippen LogP contribution is -2.43. The van der Waals surface area contributed by atoms with Crippen molar-refractivity contribution in [3.05, 3.63) is 53.3 Å². The Morgan fingerprint density at radius 3 is 2.51 bits per heavy atom. The number of anilines is 1. The Hall–Kier alpha value is -4.14. The molecule has 12 nitrogen and oxygen atoms in total. The summed E-state index contributed by atoms with van der Waals surface area (Å²) in [5.41, 5.74) is 9.12. The SMILES string of the molecule is C#CC(=O)NC(C)(C)CCOCCC(C)(C)c1ccc2nc(N)c3nc(CCCC)n(Cc4cc(OP(=O)(O)O)ccc4O)c3c2c1. The molecular formula is C34H44N5O7P. The summed E-state index contributed by atoms with van der Waals surface area (Å²) >= 11 is 0. The second kappa shape index (κ2) is 14.3. The zero-order valence-electron chi connectivity index (χ0n) is 27.5. The number of phosphoric ester groups is 1. The van der Waals surface area contributed by atoms with E-state index in [0.717, 1.165) is 41.6 Å². The van der Waals surface area contributed by atoms with E-state index in [1.54, 1.807) is 0 Å². The van der Waals surface area contributed by atoms with Gasteiger partial charge in [0.05, 0.1) is 17.6 Å². The van der Waals surface area contributed by atoms with Crippen molar-refractivity contribution >= 4 is 41.5 Å². The topological polar surface area (TPSA) is 182 Å². The first-order valence-corrected chi connectivity index (χ1v) is 17.1. The summed E-state index contributed by atoms with van der Waals surface area (Å²) in [6.07, 6.45) is 8.96. The first kappa shape index (κ1) is 35.7. The van der Waals surface area contributed by atoms with Crippen LogP contribution in [0, 0.1) is 12.3 Å². The lowest BCUT2D eigenvalue weighted by atomic mass is 9.81. The Kier molecular flexibility index (Phi) is 10.9. The van der Waals surface area contributed by atoms with Gasteiger partial charge < -0.3 is 30.0 Å². The molecule has 0 unspecified atom stereocenters. The molecule has 0 bridgehead atoms. The van der Waals surface area contributed by atoms with E-state index in [0.29, 0.717) is 42.7 Å². The number of aryl methyl sites for hydroxylation is 1. The van der Waals surface area contributed by atoms with Crippen molar-refractivity contribution in [2.45, 2.75) is 84.2 Å². The number of benzene rings is 2. The number of rotatable bonds is 15. The van der Waals surface area contributed by atoms with Crippen LogP contribution in [0.5, 0.6) is 11.5 Å². The quantitative estimate of drug-likeness (QED) is 0.0632. The first-order valence-electron chi connectivity index (χ1n) is 15.6. The number of hydrogen-bond donors (Lipinski definition) is 5. The van der Waals surface area contributed by atoms with Crippen molar-refractivity contribution in [3.63, 3.8) is 0 Å². The number of unbranched alkanes of at least 4 members (excludes halogenated alkanes) is 1. The average Bonchev–Trinajstić information content (AvgIpc) is 3.35. The first-order chi connectivity index (χ1) is 22.0. The van der Waals surface area contributed by atoms with Gasteiger partial charge in [0.15, 0.2) is 5.82 Å². The van der Waals surface area contributed by atoms with Crippen LogP contribution in [0.25, 0.3) is 21.9 Å². The van der Waals surface area contributed by atoms with Crippen molar-refractivity contribution in [2.24, 2.45) is 0 Å². The smallest absolute Gasteiger partial charge is 0.508 e. The van der Waals surface area contributed by atoms with Crippen LogP contribution in [0.4, 0.5) is 5.82 Å². The minimum absolute atomic E-state index is 0.0543. The van der Waals surface area contributed by atoms with Gasteiger partial charge in [-0.15, -0.1) is 6.42 Å². The summed E-state index contributed by atoms with van der Waals surface area (Å²) in [4.78, 5) is 39.8. The largest absolute Gasteiger partial charge is 0.524 e. The molecule has 0 radical (unpaired) electrons. The molecule has 0 saturated carbocycles. The summed E-state index contributed by atoms with van der Waals surface area (Å²) < 4.78 is 24.2. The number of aromatic hydroxyl groups is 1. The highest BCUT2D eigenvalue weighted by atomic mass is 31.2. The van der Waals surface area contributed by atoms with E-state index in [-0.39, 0.29) is 29.3 Å². The van der Waals surface area contributed by atoms with Crippen molar-refractivity contribution in [3.8, 4) is 23.8 Å². The van der Waals surface area contributed by atoms with E-state index < -0.39 is 19.3 Å². The van der Waals surface area contributed by atoms with Crippen molar-refractivity contribution < 1.29 is 33.5 Å². The molecule has 0 spiro atoms. The number of phenols is 1. The van der Waals surface area contributed by atoms with E-state index in [9.17, 15) is 24.3 Å². The maximum atomic E-state index is 11.6. The van der Waals surface area contributed by atoms with Crippen LogP contribution in [-0.4, -0.2) is 54.1 Å². The maximum absolute atomic E-state index is 11.6. The summed E-state index contributed by atoms with van der Waals surface area (Å²) in [6.45, 7) is 11.3. The van der Waals surface area contributed by atoms with Crippen molar-refractivity contribution in [2.75, 3.05) is 18.9 Å². The molecule has 1 amide bonds. The molecule has 4 aromatic rings. The summed E-state index contributed by atoms with van der Waals surface area (Å²) in [5.74, 6) is 2.55. The molecule has 2 heterocycles. The number of nitrogens with two attached hydrogens (primary N) is 1. The van der Waals surface area contributed by atoms with E-state index in [2.05, 4.69) is 43.1 Å². The minimum atomic E-state index is -4.80. The number of hydrogen-bond acceptors (Lipinski definition) is 8. The molecule has 0 aliphatic heterocycles. The second-order valence-electron chi connectivity index (χ2n) is 13.0. The number of nitrogens with zero attached hydrogens (tertiary/aromatic N) is 3. The highest BCUT2D eigenvalue weighted by Crippen LogP contribution is 2.40. The molecule has 252 valence electrons. The normalized spacial score (nSPS) is 12.4. The van der Waals surface area contributed by atoms with Crippen LogP contribution in [0.3, 0.4) is 0 Å².